The first-order valence-electron chi connectivity index (χ1n) is 12.0. The lowest BCUT2D eigenvalue weighted by atomic mass is 10.2. The molecule has 0 bridgehead atoms. The van der Waals surface area contributed by atoms with E-state index in [0.29, 0.717) is 17.5 Å². The van der Waals surface area contributed by atoms with Gasteiger partial charge in [0.05, 0.1) is 10.4 Å². The van der Waals surface area contributed by atoms with Gasteiger partial charge in [-0.15, -0.1) is 0 Å². The van der Waals surface area contributed by atoms with Crippen molar-refractivity contribution in [1.29, 1.82) is 0 Å². The molecule has 9 nitrogen and oxygen atoms in total. The Morgan fingerprint density at radius 1 is 0.946 bits per heavy atom. The summed E-state index contributed by atoms with van der Waals surface area (Å²) in [6.45, 7) is 1.93. The number of nitrogens with one attached hydrogen (secondary N) is 3. The van der Waals surface area contributed by atoms with E-state index in [1.54, 1.807) is 42.9 Å². The van der Waals surface area contributed by atoms with E-state index in [4.69, 9.17) is 0 Å². The zero-order chi connectivity index (χ0) is 25.4. The van der Waals surface area contributed by atoms with Gasteiger partial charge in [-0.05, 0) is 74.4 Å². The van der Waals surface area contributed by atoms with Crippen molar-refractivity contribution < 1.29 is 8.42 Å². The molecule has 1 fully saturated rings. The molecule has 0 unspecified atom stereocenters. The number of hydrogen-bond donors (Lipinski definition) is 3. The van der Waals surface area contributed by atoms with E-state index in [0.717, 1.165) is 40.7 Å². The van der Waals surface area contributed by atoms with Gasteiger partial charge in [-0.3, -0.25) is 4.98 Å². The van der Waals surface area contributed by atoms with Gasteiger partial charge in [0.2, 0.25) is 16.0 Å². The van der Waals surface area contributed by atoms with Gasteiger partial charge in [-0.25, -0.2) is 18.1 Å². The van der Waals surface area contributed by atoms with Gasteiger partial charge in [0.25, 0.3) is 0 Å². The zero-order valence-electron chi connectivity index (χ0n) is 20.1. The Morgan fingerprint density at radius 2 is 1.76 bits per heavy atom. The molecule has 0 radical (unpaired) electrons. The lowest BCUT2D eigenvalue weighted by molar-refractivity contribution is 0.581. The number of aromatic nitrogens is 4. The highest BCUT2D eigenvalue weighted by Crippen LogP contribution is 2.27. The van der Waals surface area contributed by atoms with Gasteiger partial charge in [0.1, 0.15) is 5.82 Å². The topological polar surface area (TPSA) is 114 Å². The lowest BCUT2D eigenvalue weighted by Gasteiger charge is -2.12. The van der Waals surface area contributed by atoms with E-state index >= 15 is 0 Å². The molecule has 0 aliphatic heterocycles. The van der Waals surface area contributed by atoms with Crippen molar-refractivity contribution in [2.45, 2.75) is 30.7 Å². The molecule has 3 heterocycles. The van der Waals surface area contributed by atoms with Gasteiger partial charge < -0.3 is 15.2 Å². The highest BCUT2D eigenvalue weighted by Gasteiger charge is 2.28. The lowest BCUT2D eigenvalue weighted by Crippen LogP contribution is -2.25. The summed E-state index contributed by atoms with van der Waals surface area (Å²) >= 11 is 0. The van der Waals surface area contributed by atoms with Crippen LogP contribution in [-0.4, -0.2) is 34.0 Å². The van der Waals surface area contributed by atoms with Crippen molar-refractivity contribution in [3.05, 3.63) is 91.0 Å². The molecule has 0 atom stereocenters. The van der Waals surface area contributed by atoms with E-state index in [2.05, 4.69) is 53.1 Å². The molecule has 0 amide bonds. The number of pyridine rings is 1. The van der Waals surface area contributed by atoms with Crippen molar-refractivity contribution in [3.8, 4) is 5.69 Å². The number of fused-ring (bicyclic) bond motifs is 1. The summed E-state index contributed by atoms with van der Waals surface area (Å²) in [6.07, 6.45) is 9.09. The predicted molar refractivity (Wildman–Crippen MR) is 144 cm³/mol. The minimum Gasteiger partial charge on any atom is -0.340 e. The Labute approximate surface area is 214 Å². The normalized spacial score (nSPS) is 13.5. The van der Waals surface area contributed by atoms with Crippen LogP contribution in [0, 0.1) is 6.92 Å². The highest BCUT2D eigenvalue weighted by molar-refractivity contribution is 7.89. The summed E-state index contributed by atoms with van der Waals surface area (Å²) < 4.78 is 30.0. The molecule has 0 saturated heterocycles. The van der Waals surface area contributed by atoms with E-state index in [-0.39, 0.29) is 10.9 Å². The Balaban J connectivity index is 1.22. The molecule has 186 valence electrons. The number of nitrogens with zero attached hydrogens (tertiary/aromatic N) is 4. The molecular formula is C27H25N7O2S. The number of aryl methyl sites for hydroxylation is 1. The average Bonchev–Trinajstić information content (AvgIpc) is 3.61. The van der Waals surface area contributed by atoms with Crippen LogP contribution in [0.5, 0.6) is 0 Å². The molecule has 37 heavy (non-hydrogen) atoms. The van der Waals surface area contributed by atoms with Gasteiger partial charge in [0, 0.05) is 58.8 Å². The van der Waals surface area contributed by atoms with Crippen LogP contribution in [0.15, 0.2) is 90.3 Å². The molecule has 1 aliphatic rings. The summed E-state index contributed by atoms with van der Waals surface area (Å²) in [6, 6.07) is 18.9. The van der Waals surface area contributed by atoms with Gasteiger partial charge in [-0.2, -0.15) is 4.98 Å². The summed E-state index contributed by atoms with van der Waals surface area (Å²) in [4.78, 5) is 13.3. The maximum Gasteiger partial charge on any atom is 0.240 e. The number of rotatable bonds is 8. The van der Waals surface area contributed by atoms with Crippen LogP contribution in [0.3, 0.4) is 0 Å². The molecule has 1 aliphatic carbocycles. The third-order valence-electron chi connectivity index (χ3n) is 6.17. The van der Waals surface area contributed by atoms with Crippen molar-refractivity contribution >= 4 is 44.1 Å². The number of anilines is 4. The summed E-state index contributed by atoms with van der Waals surface area (Å²) in [5, 5.41) is 7.60. The van der Waals surface area contributed by atoms with Crippen molar-refractivity contribution in [3.63, 3.8) is 0 Å². The van der Waals surface area contributed by atoms with Crippen molar-refractivity contribution in [2.75, 3.05) is 10.6 Å². The molecule has 6 rings (SSSR count). The Morgan fingerprint density at radius 3 is 2.57 bits per heavy atom. The molecule has 0 spiro atoms. The first kappa shape index (κ1) is 23.1. The number of sulfonamides is 1. The summed E-state index contributed by atoms with van der Waals surface area (Å²) in [5.41, 5.74) is 4.50. The third-order valence-corrected chi connectivity index (χ3v) is 7.68. The van der Waals surface area contributed by atoms with Gasteiger partial charge in [0.15, 0.2) is 0 Å². The van der Waals surface area contributed by atoms with Crippen LogP contribution >= 0.6 is 0 Å². The van der Waals surface area contributed by atoms with Crippen LogP contribution in [0.25, 0.3) is 16.6 Å². The SMILES string of the molecule is Cc1cnc(Nc2cccc(S(=O)(=O)NC3CC3)c2)nc1Nc1ccc2c(ccn2-c2ccncc2)c1. The summed E-state index contributed by atoms with van der Waals surface area (Å²) in [7, 11) is -3.55. The fraction of sp³-hybridized carbons (Fsp3) is 0.148. The fourth-order valence-electron chi connectivity index (χ4n) is 4.07. The fourth-order valence-corrected chi connectivity index (χ4v) is 5.42. The quantitative estimate of drug-likeness (QED) is 0.267. The van der Waals surface area contributed by atoms with Crippen LogP contribution < -0.4 is 15.4 Å². The molecule has 5 aromatic rings. The second-order valence-corrected chi connectivity index (χ2v) is 10.8. The zero-order valence-corrected chi connectivity index (χ0v) is 20.9. The standard InChI is InChI=1S/C27H25N7O2S/c1-18-17-29-27(31-21-3-2-4-24(16-21)37(35,36)33-20-5-6-20)32-26(18)30-22-7-8-25-19(15-22)11-14-34(25)23-9-12-28-13-10-23/h2-4,7-17,20,33H,5-6H2,1H3,(H2,29,30,31,32). The third kappa shape index (κ3) is 5.02. The molecule has 1 saturated carbocycles. The van der Waals surface area contributed by atoms with E-state index < -0.39 is 10.0 Å². The van der Waals surface area contributed by atoms with E-state index in [1.165, 1.54) is 0 Å². The molecule has 3 aromatic heterocycles. The van der Waals surface area contributed by atoms with Crippen molar-refractivity contribution in [2.24, 2.45) is 0 Å². The predicted octanol–water partition coefficient (Wildman–Crippen LogP) is 5.05. The minimum absolute atomic E-state index is 0.0455. The molecule has 2 aromatic carbocycles. The number of hydrogen-bond acceptors (Lipinski definition) is 7. The first-order valence-corrected chi connectivity index (χ1v) is 13.4. The van der Waals surface area contributed by atoms with Crippen LogP contribution in [-0.2, 0) is 10.0 Å². The van der Waals surface area contributed by atoms with E-state index in [1.807, 2.05) is 31.3 Å². The average molecular weight is 512 g/mol. The van der Waals surface area contributed by atoms with Crippen LogP contribution in [0.2, 0.25) is 0 Å². The Hall–Kier alpha value is -4.28. The van der Waals surface area contributed by atoms with Gasteiger partial charge in [-0.1, -0.05) is 6.07 Å². The minimum atomic E-state index is -3.55. The monoisotopic (exact) mass is 511 g/mol. The van der Waals surface area contributed by atoms with Crippen LogP contribution in [0.4, 0.5) is 23.1 Å². The second-order valence-electron chi connectivity index (χ2n) is 9.06. The van der Waals surface area contributed by atoms with E-state index in [9.17, 15) is 8.42 Å². The molecular weight excluding hydrogens is 486 g/mol. The molecule has 10 heteroatoms. The second kappa shape index (κ2) is 9.30. The van der Waals surface area contributed by atoms with Gasteiger partial charge >= 0.3 is 0 Å². The first-order chi connectivity index (χ1) is 17.9. The number of benzene rings is 2. The largest absolute Gasteiger partial charge is 0.340 e. The highest BCUT2D eigenvalue weighted by atomic mass is 32.2. The molecule has 3 N–H and O–H groups in total. The smallest absolute Gasteiger partial charge is 0.240 e. The maximum atomic E-state index is 12.6. The maximum absolute atomic E-state index is 12.6. The van der Waals surface area contributed by atoms with Crippen molar-refractivity contribution in [1.82, 2.24) is 24.2 Å². The Kier molecular flexibility index (Phi) is 5.82. The Bertz CT molecular complexity index is 1700. The van der Waals surface area contributed by atoms with Crippen LogP contribution in [0.1, 0.15) is 18.4 Å². The summed E-state index contributed by atoms with van der Waals surface area (Å²) in [5.74, 6) is 1.02.